The number of benzene rings is 2. The molecule has 0 bridgehead atoms. The highest BCUT2D eigenvalue weighted by atomic mass is 16.3. The third-order valence-electron chi connectivity index (χ3n) is 4.51. The SMILES string of the molecule is CC(C)C(O)(/C(N)=C/NN)c1ccc2cc(-c3cnco3)ccc2c1. The number of aromatic nitrogens is 1. The summed E-state index contributed by atoms with van der Waals surface area (Å²) in [5.41, 5.74) is 9.09. The molecule has 6 heteroatoms. The van der Waals surface area contributed by atoms with E-state index in [0.29, 0.717) is 11.3 Å². The monoisotopic (exact) mass is 338 g/mol. The van der Waals surface area contributed by atoms with Crippen LogP contribution in [0.4, 0.5) is 0 Å². The van der Waals surface area contributed by atoms with E-state index in [9.17, 15) is 5.11 Å². The lowest BCUT2D eigenvalue weighted by molar-refractivity contribution is 0.0256. The molecule has 0 aliphatic rings. The lowest BCUT2D eigenvalue weighted by Crippen LogP contribution is -2.39. The first kappa shape index (κ1) is 17.0. The molecule has 6 N–H and O–H groups in total. The van der Waals surface area contributed by atoms with E-state index in [1.807, 2.05) is 50.2 Å². The maximum absolute atomic E-state index is 11.2. The van der Waals surface area contributed by atoms with Crippen LogP contribution >= 0.6 is 0 Å². The summed E-state index contributed by atoms with van der Waals surface area (Å²) in [4.78, 5) is 3.95. The van der Waals surface area contributed by atoms with Crippen molar-refractivity contribution < 1.29 is 9.52 Å². The largest absolute Gasteiger partial charge is 0.444 e. The van der Waals surface area contributed by atoms with E-state index in [1.165, 1.54) is 12.6 Å². The minimum Gasteiger partial charge on any atom is -0.444 e. The Labute approximate surface area is 146 Å². The van der Waals surface area contributed by atoms with E-state index in [0.717, 1.165) is 16.3 Å². The van der Waals surface area contributed by atoms with E-state index in [-0.39, 0.29) is 11.6 Å². The minimum atomic E-state index is -1.32. The average molecular weight is 338 g/mol. The van der Waals surface area contributed by atoms with Crippen LogP contribution in [0.1, 0.15) is 19.4 Å². The van der Waals surface area contributed by atoms with Crippen LogP contribution in [0.2, 0.25) is 0 Å². The Bertz CT molecular complexity index is 903. The third kappa shape index (κ3) is 2.97. The molecule has 0 amide bonds. The van der Waals surface area contributed by atoms with Gasteiger partial charge in [0.1, 0.15) is 5.60 Å². The molecule has 0 fully saturated rings. The zero-order valence-electron chi connectivity index (χ0n) is 14.2. The van der Waals surface area contributed by atoms with Crippen LogP contribution in [0.5, 0.6) is 0 Å². The van der Waals surface area contributed by atoms with Gasteiger partial charge in [-0.1, -0.05) is 38.1 Å². The molecule has 0 radical (unpaired) electrons. The first-order valence-electron chi connectivity index (χ1n) is 8.04. The number of nitrogens with two attached hydrogens (primary N) is 2. The Morgan fingerprint density at radius 1 is 1.24 bits per heavy atom. The molecule has 0 saturated heterocycles. The zero-order valence-corrected chi connectivity index (χ0v) is 14.2. The number of hydrazine groups is 1. The van der Waals surface area contributed by atoms with Crippen LogP contribution in [0.3, 0.4) is 0 Å². The predicted molar refractivity (Wildman–Crippen MR) is 97.8 cm³/mol. The van der Waals surface area contributed by atoms with Gasteiger partial charge in [-0.25, -0.2) is 4.98 Å². The molecule has 1 aromatic heterocycles. The van der Waals surface area contributed by atoms with Crippen molar-refractivity contribution in [2.45, 2.75) is 19.4 Å². The molecule has 1 atom stereocenters. The molecular weight excluding hydrogens is 316 g/mol. The van der Waals surface area contributed by atoms with Gasteiger partial charge < -0.3 is 20.7 Å². The summed E-state index contributed by atoms with van der Waals surface area (Å²) < 4.78 is 5.34. The number of hydrogen-bond donors (Lipinski definition) is 4. The number of nitrogens with one attached hydrogen (secondary N) is 1. The van der Waals surface area contributed by atoms with Crippen molar-refractivity contribution in [3.8, 4) is 11.3 Å². The van der Waals surface area contributed by atoms with Gasteiger partial charge in [0.05, 0.1) is 11.9 Å². The Morgan fingerprint density at radius 3 is 2.60 bits per heavy atom. The number of nitrogens with zero attached hydrogens (tertiary/aromatic N) is 1. The summed E-state index contributed by atoms with van der Waals surface area (Å²) in [7, 11) is 0. The first-order chi connectivity index (χ1) is 12.0. The van der Waals surface area contributed by atoms with Crippen molar-refractivity contribution in [1.82, 2.24) is 10.4 Å². The highest BCUT2D eigenvalue weighted by molar-refractivity contribution is 5.87. The van der Waals surface area contributed by atoms with E-state index in [1.54, 1.807) is 6.20 Å². The van der Waals surface area contributed by atoms with Gasteiger partial charge in [0.15, 0.2) is 12.2 Å². The molecule has 3 aromatic rings. The fourth-order valence-electron chi connectivity index (χ4n) is 3.03. The summed E-state index contributed by atoms with van der Waals surface area (Å²) in [6, 6.07) is 11.7. The summed E-state index contributed by atoms with van der Waals surface area (Å²) in [6.45, 7) is 3.82. The molecule has 1 unspecified atom stereocenters. The van der Waals surface area contributed by atoms with Crippen LogP contribution in [0.25, 0.3) is 22.1 Å². The molecule has 0 saturated carbocycles. The lowest BCUT2D eigenvalue weighted by atomic mass is 9.80. The second-order valence-corrected chi connectivity index (χ2v) is 6.33. The van der Waals surface area contributed by atoms with Crippen LogP contribution in [-0.2, 0) is 5.60 Å². The molecule has 0 aliphatic carbocycles. The van der Waals surface area contributed by atoms with E-state index in [4.69, 9.17) is 16.0 Å². The molecule has 0 spiro atoms. The number of oxazole rings is 1. The van der Waals surface area contributed by atoms with Gasteiger partial charge in [0.25, 0.3) is 0 Å². The Hall–Kier alpha value is -2.83. The Kier molecular flexibility index (Phi) is 4.48. The molecule has 3 rings (SSSR count). The lowest BCUT2D eigenvalue weighted by Gasteiger charge is -2.33. The van der Waals surface area contributed by atoms with Crippen molar-refractivity contribution in [1.29, 1.82) is 0 Å². The Balaban J connectivity index is 2.09. The fraction of sp³-hybridized carbons (Fsp3) is 0.211. The molecule has 0 aliphatic heterocycles. The van der Waals surface area contributed by atoms with Crippen LogP contribution in [0.15, 0.2) is 65.3 Å². The summed E-state index contributed by atoms with van der Waals surface area (Å²) in [6.07, 6.45) is 4.50. The van der Waals surface area contributed by atoms with E-state index in [2.05, 4.69) is 10.4 Å². The fourth-order valence-corrected chi connectivity index (χ4v) is 3.03. The van der Waals surface area contributed by atoms with Gasteiger partial charge in [0.2, 0.25) is 0 Å². The molecule has 25 heavy (non-hydrogen) atoms. The van der Waals surface area contributed by atoms with Gasteiger partial charge in [-0.05, 0) is 34.4 Å². The van der Waals surface area contributed by atoms with Crippen LogP contribution < -0.4 is 17.0 Å². The predicted octanol–water partition coefficient (Wildman–Crippen LogP) is 2.60. The highest BCUT2D eigenvalue weighted by Crippen LogP contribution is 2.36. The van der Waals surface area contributed by atoms with Gasteiger partial charge in [-0.2, -0.15) is 0 Å². The number of aliphatic hydroxyl groups is 1. The Morgan fingerprint density at radius 2 is 1.96 bits per heavy atom. The smallest absolute Gasteiger partial charge is 0.181 e. The van der Waals surface area contributed by atoms with Gasteiger partial charge in [-0.15, -0.1) is 0 Å². The first-order valence-corrected chi connectivity index (χ1v) is 8.04. The van der Waals surface area contributed by atoms with Crippen molar-refractivity contribution >= 4 is 10.8 Å². The van der Waals surface area contributed by atoms with Crippen molar-refractivity contribution in [3.63, 3.8) is 0 Å². The number of hydrogen-bond acceptors (Lipinski definition) is 6. The average Bonchev–Trinajstić information content (AvgIpc) is 3.14. The zero-order chi connectivity index (χ0) is 18.0. The standard InChI is InChI=1S/C19H22N4O2/c1-12(2)19(24,18(20)10-23-21)16-6-5-13-7-15(4-3-14(13)8-16)17-9-22-11-25-17/h3-12,23-24H,20-21H2,1-2H3/b18-10-. The van der Waals surface area contributed by atoms with Gasteiger partial charge >= 0.3 is 0 Å². The topological polar surface area (TPSA) is 110 Å². The van der Waals surface area contributed by atoms with E-state index < -0.39 is 5.60 Å². The summed E-state index contributed by atoms with van der Waals surface area (Å²) >= 11 is 0. The number of rotatable bonds is 5. The quantitative estimate of drug-likeness (QED) is 0.420. The maximum Gasteiger partial charge on any atom is 0.181 e. The second-order valence-electron chi connectivity index (χ2n) is 6.33. The molecule has 2 aromatic carbocycles. The van der Waals surface area contributed by atoms with Crippen molar-refractivity contribution in [3.05, 3.63) is 66.4 Å². The summed E-state index contributed by atoms with van der Waals surface area (Å²) in [5.74, 6) is 5.90. The van der Waals surface area contributed by atoms with Crippen LogP contribution in [-0.4, -0.2) is 10.1 Å². The van der Waals surface area contributed by atoms with Crippen molar-refractivity contribution in [2.75, 3.05) is 0 Å². The van der Waals surface area contributed by atoms with Gasteiger partial charge in [0, 0.05) is 11.8 Å². The van der Waals surface area contributed by atoms with Gasteiger partial charge in [-0.3, -0.25) is 5.84 Å². The normalized spacial score (nSPS) is 14.7. The second kappa shape index (κ2) is 6.58. The third-order valence-corrected chi connectivity index (χ3v) is 4.51. The minimum absolute atomic E-state index is 0.136. The number of fused-ring (bicyclic) bond motifs is 1. The highest BCUT2D eigenvalue weighted by Gasteiger charge is 2.36. The molecule has 6 nitrogen and oxygen atoms in total. The maximum atomic E-state index is 11.2. The summed E-state index contributed by atoms with van der Waals surface area (Å²) in [5, 5.41) is 13.2. The molecule has 1 heterocycles. The van der Waals surface area contributed by atoms with E-state index >= 15 is 0 Å². The molecule has 130 valence electrons. The molecular formula is C19H22N4O2. The van der Waals surface area contributed by atoms with Crippen LogP contribution in [0, 0.1) is 5.92 Å². The van der Waals surface area contributed by atoms with Crippen molar-refractivity contribution in [2.24, 2.45) is 17.5 Å².